The molecule has 1 rings (SSSR count). The topological polar surface area (TPSA) is 70.7 Å². The third-order valence-electron chi connectivity index (χ3n) is 2.12. The fraction of sp³-hybridized carbons (Fsp3) is 0.444. The second-order valence-electron chi connectivity index (χ2n) is 3.59. The summed E-state index contributed by atoms with van der Waals surface area (Å²) in [6.07, 6.45) is -0.0355. The molecule has 1 heterocycles. The van der Waals surface area contributed by atoms with Crippen LogP contribution in [0.2, 0.25) is 0 Å². The van der Waals surface area contributed by atoms with Crippen molar-refractivity contribution in [3.63, 3.8) is 0 Å². The van der Waals surface area contributed by atoms with E-state index in [1.54, 1.807) is 19.9 Å². The van der Waals surface area contributed by atoms with Crippen LogP contribution in [0.5, 0.6) is 0 Å². The van der Waals surface area contributed by atoms with Crippen molar-refractivity contribution in [2.24, 2.45) is 0 Å². The Hall–Kier alpha value is -0.810. The van der Waals surface area contributed by atoms with Crippen LogP contribution in [0.4, 0.5) is 0 Å². The number of carbonyl (C=O) groups is 1. The van der Waals surface area contributed by atoms with Gasteiger partial charge in [0.25, 0.3) is 0 Å². The van der Waals surface area contributed by atoms with E-state index < -0.39 is 17.5 Å². The van der Waals surface area contributed by atoms with Crippen LogP contribution < -0.4 is 0 Å². The summed E-state index contributed by atoms with van der Waals surface area (Å²) in [5.74, 6) is -0.832. The van der Waals surface area contributed by atoms with Gasteiger partial charge in [-0.25, -0.2) is 4.79 Å². The van der Waals surface area contributed by atoms with E-state index in [1.165, 1.54) is 6.26 Å². The normalized spacial score (nSPS) is 14.0. The van der Waals surface area contributed by atoms with Gasteiger partial charge in [-0.05, 0) is 35.8 Å². The van der Waals surface area contributed by atoms with Gasteiger partial charge in [0.2, 0.25) is 0 Å². The number of halogens is 1. The van der Waals surface area contributed by atoms with E-state index in [0.717, 1.165) is 4.47 Å². The van der Waals surface area contributed by atoms with Gasteiger partial charge in [0.15, 0.2) is 6.10 Å². The Balaban J connectivity index is 3.01. The summed E-state index contributed by atoms with van der Waals surface area (Å²) in [5, 5.41) is 18.1. The molecule has 0 amide bonds. The number of carboxylic acids is 1. The molecule has 0 saturated heterocycles. The lowest BCUT2D eigenvalue weighted by molar-refractivity contribution is -0.150. The summed E-state index contributed by atoms with van der Waals surface area (Å²) in [5.41, 5.74) is -0.947. The SMILES string of the molecule is CC(C)(c1cc(Br)co1)C(O)C(=O)O. The Labute approximate surface area is 89.7 Å². The maximum atomic E-state index is 10.6. The van der Waals surface area contributed by atoms with Gasteiger partial charge in [0.1, 0.15) is 12.0 Å². The molecule has 0 radical (unpaired) electrons. The molecular formula is C9H11BrO4. The average molecular weight is 263 g/mol. The zero-order valence-electron chi connectivity index (χ0n) is 7.82. The van der Waals surface area contributed by atoms with Crippen LogP contribution in [0.15, 0.2) is 21.2 Å². The molecule has 0 aliphatic rings. The van der Waals surface area contributed by atoms with E-state index in [0.29, 0.717) is 5.76 Å². The monoisotopic (exact) mass is 262 g/mol. The molecule has 78 valence electrons. The molecule has 0 aliphatic carbocycles. The summed E-state index contributed by atoms with van der Waals surface area (Å²) in [4.78, 5) is 10.6. The Bertz CT molecular complexity index is 342. The first-order valence-electron chi connectivity index (χ1n) is 4.01. The van der Waals surface area contributed by atoms with Crippen LogP contribution >= 0.6 is 15.9 Å². The summed E-state index contributed by atoms with van der Waals surface area (Å²) >= 11 is 3.19. The zero-order chi connectivity index (χ0) is 10.9. The van der Waals surface area contributed by atoms with Gasteiger partial charge >= 0.3 is 5.97 Å². The zero-order valence-corrected chi connectivity index (χ0v) is 9.41. The molecule has 0 saturated carbocycles. The van der Waals surface area contributed by atoms with Crippen molar-refractivity contribution in [2.45, 2.75) is 25.4 Å². The number of furan rings is 1. The lowest BCUT2D eigenvalue weighted by Crippen LogP contribution is -2.39. The second-order valence-corrected chi connectivity index (χ2v) is 4.51. The van der Waals surface area contributed by atoms with E-state index in [9.17, 15) is 9.90 Å². The number of aliphatic carboxylic acids is 1. The molecule has 0 spiro atoms. The van der Waals surface area contributed by atoms with E-state index in [1.807, 2.05) is 0 Å². The smallest absolute Gasteiger partial charge is 0.333 e. The van der Waals surface area contributed by atoms with Gasteiger partial charge in [0, 0.05) is 0 Å². The number of aliphatic hydroxyl groups excluding tert-OH is 1. The van der Waals surface area contributed by atoms with Crippen molar-refractivity contribution >= 4 is 21.9 Å². The van der Waals surface area contributed by atoms with Crippen molar-refractivity contribution in [1.82, 2.24) is 0 Å². The fourth-order valence-electron chi connectivity index (χ4n) is 1.09. The number of rotatable bonds is 3. The first-order chi connectivity index (χ1) is 6.35. The molecule has 0 bridgehead atoms. The van der Waals surface area contributed by atoms with Gasteiger partial charge in [0.05, 0.1) is 9.89 Å². The molecule has 5 heteroatoms. The lowest BCUT2D eigenvalue weighted by Gasteiger charge is -2.24. The lowest BCUT2D eigenvalue weighted by atomic mass is 9.84. The van der Waals surface area contributed by atoms with Gasteiger partial charge in [-0.2, -0.15) is 0 Å². The molecule has 0 aliphatic heterocycles. The first kappa shape index (κ1) is 11.3. The average Bonchev–Trinajstić information content (AvgIpc) is 2.50. The predicted octanol–water partition coefficient (Wildman–Crippen LogP) is 1.77. The largest absolute Gasteiger partial charge is 0.479 e. The number of aliphatic hydroxyl groups is 1. The van der Waals surface area contributed by atoms with E-state index >= 15 is 0 Å². The summed E-state index contributed by atoms with van der Waals surface area (Å²) in [6, 6.07) is 1.64. The van der Waals surface area contributed by atoms with Crippen molar-refractivity contribution in [1.29, 1.82) is 0 Å². The highest BCUT2D eigenvalue weighted by Crippen LogP contribution is 2.30. The van der Waals surface area contributed by atoms with Crippen LogP contribution in [0.3, 0.4) is 0 Å². The third-order valence-corrected chi connectivity index (χ3v) is 2.54. The molecular weight excluding hydrogens is 252 g/mol. The summed E-state index contributed by atoms with van der Waals surface area (Å²) < 4.78 is 5.85. The van der Waals surface area contributed by atoms with Crippen molar-refractivity contribution in [2.75, 3.05) is 0 Å². The molecule has 1 atom stereocenters. The van der Waals surface area contributed by atoms with E-state index in [2.05, 4.69) is 15.9 Å². The van der Waals surface area contributed by atoms with E-state index in [-0.39, 0.29) is 0 Å². The number of carboxylic acid groups (broad SMARTS) is 1. The van der Waals surface area contributed by atoms with Gasteiger partial charge in [-0.3, -0.25) is 0 Å². The van der Waals surface area contributed by atoms with Crippen molar-refractivity contribution < 1.29 is 19.4 Å². The van der Waals surface area contributed by atoms with Crippen LogP contribution in [-0.4, -0.2) is 22.3 Å². The standard InChI is InChI=1S/C9H11BrO4/c1-9(2,7(11)8(12)13)6-3-5(10)4-14-6/h3-4,7,11H,1-2H3,(H,12,13). The van der Waals surface area contributed by atoms with Crippen molar-refractivity contribution in [3.8, 4) is 0 Å². The minimum Gasteiger partial charge on any atom is -0.479 e. The highest BCUT2D eigenvalue weighted by Gasteiger charge is 2.37. The quantitative estimate of drug-likeness (QED) is 0.871. The minimum absolute atomic E-state index is 0.430. The van der Waals surface area contributed by atoms with Gasteiger partial charge < -0.3 is 14.6 Å². The summed E-state index contributed by atoms with van der Waals surface area (Å²) in [6.45, 7) is 3.22. The van der Waals surface area contributed by atoms with Gasteiger partial charge in [-0.1, -0.05) is 0 Å². The third kappa shape index (κ3) is 1.99. The Morgan fingerprint density at radius 3 is 2.57 bits per heavy atom. The molecule has 1 unspecified atom stereocenters. The summed E-state index contributed by atoms with van der Waals surface area (Å²) in [7, 11) is 0. The molecule has 1 aromatic heterocycles. The first-order valence-corrected chi connectivity index (χ1v) is 4.80. The minimum atomic E-state index is -1.49. The molecule has 2 N–H and O–H groups in total. The maximum absolute atomic E-state index is 10.6. The van der Waals surface area contributed by atoms with Crippen LogP contribution in [0.1, 0.15) is 19.6 Å². The Kier molecular flexibility index (Phi) is 3.01. The fourth-order valence-corrected chi connectivity index (χ4v) is 1.40. The highest BCUT2D eigenvalue weighted by molar-refractivity contribution is 9.10. The van der Waals surface area contributed by atoms with Gasteiger partial charge in [-0.15, -0.1) is 0 Å². The highest BCUT2D eigenvalue weighted by atomic mass is 79.9. The Morgan fingerprint density at radius 1 is 1.64 bits per heavy atom. The number of hydrogen-bond acceptors (Lipinski definition) is 3. The predicted molar refractivity (Wildman–Crippen MR) is 53.1 cm³/mol. The van der Waals surface area contributed by atoms with Crippen molar-refractivity contribution in [3.05, 3.63) is 22.6 Å². The van der Waals surface area contributed by atoms with Crippen LogP contribution in [0.25, 0.3) is 0 Å². The van der Waals surface area contributed by atoms with Crippen LogP contribution in [-0.2, 0) is 10.2 Å². The second kappa shape index (κ2) is 3.74. The maximum Gasteiger partial charge on any atom is 0.333 e. The number of hydrogen-bond donors (Lipinski definition) is 2. The van der Waals surface area contributed by atoms with Crippen LogP contribution in [0, 0.1) is 0 Å². The molecule has 14 heavy (non-hydrogen) atoms. The molecule has 4 nitrogen and oxygen atoms in total. The van der Waals surface area contributed by atoms with E-state index in [4.69, 9.17) is 9.52 Å². The Morgan fingerprint density at radius 2 is 2.21 bits per heavy atom. The molecule has 0 fully saturated rings. The molecule has 0 aromatic carbocycles. The molecule has 1 aromatic rings.